The number of carbonyl (C=O) groups excluding carboxylic acids is 1. The summed E-state index contributed by atoms with van der Waals surface area (Å²) in [4.78, 5) is 12.0. The number of nitrogens with one attached hydrogen (secondary N) is 1. The minimum Gasteiger partial charge on any atom is -0.489 e. The Bertz CT molecular complexity index is 473. The van der Waals surface area contributed by atoms with Crippen LogP contribution in [0.15, 0.2) is 36.4 Å². The molecule has 1 atom stereocenters. The summed E-state index contributed by atoms with van der Waals surface area (Å²) in [6.45, 7) is 8.78. The van der Waals surface area contributed by atoms with Crippen molar-refractivity contribution in [2.75, 3.05) is 26.4 Å². The van der Waals surface area contributed by atoms with E-state index in [1.54, 1.807) is 24.3 Å². The first-order valence-electron chi connectivity index (χ1n) is 6.94. The highest BCUT2D eigenvalue weighted by Gasteiger charge is 2.10. The average Bonchev–Trinajstić information content (AvgIpc) is 2.48. The molecule has 0 bridgehead atoms. The van der Waals surface area contributed by atoms with Crippen LogP contribution in [0.2, 0.25) is 0 Å². The Morgan fingerprint density at radius 2 is 2.24 bits per heavy atom. The number of aliphatic hydroxyl groups is 1. The molecule has 5 nitrogen and oxygen atoms in total. The van der Waals surface area contributed by atoms with Gasteiger partial charge in [0.15, 0.2) is 0 Å². The molecule has 116 valence electrons. The molecule has 0 saturated carbocycles. The smallest absolute Gasteiger partial charge is 0.251 e. The van der Waals surface area contributed by atoms with Crippen molar-refractivity contribution >= 4 is 5.91 Å². The fourth-order valence-corrected chi connectivity index (χ4v) is 1.56. The third-order valence-corrected chi connectivity index (χ3v) is 2.59. The molecule has 1 amide bonds. The first-order chi connectivity index (χ1) is 10.0. The van der Waals surface area contributed by atoms with Gasteiger partial charge >= 0.3 is 0 Å². The van der Waals surface area contributed by atoms with Gasteiger partial charge in [0.2, 0.25) is 0 Å². The molecule has 0 radical (unpaired) electrons. The predicted octanol–water partition coefficient (Wildman–Crippen LogP) is 1.77. The van der Waals surface area contributed by atoms with Crippen LogP contribution in [0.4, 0.5) is 0 Å². The molecule has 1 rings (SSSR count). The van der Waals surface area contributed by atoms with E-state index in [1.165, 1.54) is 0 Å². The number of rotatable bonds is 9. The van der Waals surface area contributed by atoms with Crippen LogP contribution >= 0.6 is 0 Å². The van der Waals surface area contributed by atoms with Crippen molar-refractivity contribution in [2.45, 2.75) is 20.0 Å². The van der Waals surface area contributed by atoms with E-state index in [0.717, 1.165) is 5.57 Å². The summed E-state index contributed by atoms with van der Waals surface area (Å²) in [5.74, 6) is 0.354. The van der Waals surface area contributed by atoms with Crippen molar-refractivity contribution in [3.8, 4) is 5.75 Å². The first-order valence-corrected chi connectivity index (χ1v) is 6.94. The molecule has 0 aliphatic rings. The number of aliphatic hydroxyl groups excluding tert-OH is 1. The second kappa shape index (κ2) is 9.15. The zero-order valence-electron chi connectivity index (χ0n) is 12.6. The van der Waals surface area contributed by atoms with Crippen molar-refractivity contribution in [3.63, 3.8) is 0 Å². The first kappa shape index (κ1) is 17.2. The SMILES string of the molecule is C=C(C)COc1cccc(C(=O)NC[C@H](O)COCC)c1. The number of hydrogen-bond donors (Lipinski definition) is 2. The van der Waals surface area contributed by atoms with E-state index >= 15 is 0 Å². The largest absolute Gasteiger partial charge is 0.489 e. The van der Waals surface area contributed by atoms with Crippen molar-refractivity contribution < 1.29 is 19.4 Å². The zero-order valence-corrected chi connectivity index (χ0v) is 12.6. The number of ether oxygens (including phenoxy) is 2. The summed E-state index contributed by atoms with van der Waals surface area (Å²) in [6, 6.07) is 6.88. The van der Waals surface area contributed by atoms with E-state index in [9.17, 15) is 9.90 Å². The van der Waals surface area contributed by atoms with Crippen LogP contribution in [0.25, 0.3) is 0 Å². The quantitative estimate of drug-likeness (QED) is 0.681. The summed E-state index contributed by atoms with van der Waals surface area (Å²) in [5.41, 5.74) is 1.39. The molecule has 0 fully saturated rings. The Morgan fingerprint density at radius 1 is 1.48 bits per heavy atom. The van der Waals surface area contributed by atoms with Crippen LogP contribution < -0.4 is 10.1 Å². The molecule has 0 spiro atoms. The summed E-state index contributed by atoms with van der Waals surface area (Å²) < 4.78 is 10.6. The number of benzene rings is 1. The molecule has 0 aliphatic heterocycles. The fraction of sp³-hybridized carbons (Fsp3) is 0.438. The maximum atomic E-state index is 12.0. The van der Waals surface area contributed by atoms with Crippen LogP contribution in [0.3, 0.4) is 0 Å². The molecule has 0 aliphatic carbocycles. The van der Waals surface area contributed by atoms with Crippen LogP contribution in [0, 0.1) is 0 Å². The van der Waals surface area contributed by atoms with Crippen LogP contribution in [0.1, 0.15) is 24.2 Å². The van der Waals surface area contributed by atoms with Gasteiger partial charge in [-0.1, -0.05) is 12.6 Å². The van der Waals surface area contributed by atoms with E-state index in [4.69, 9.17) is 9.47 Å². The summed E-state index contributed by atoms with van der Waals surface area (Å²) in [7, 11) is 0. The van der Waals surface area contributed by atoms with E-state index in [-0.39, 0.29) is 19.1 Å². The van der Waals surface area contributed by atoms with Gasteiger partial charge in [-0.05, 0) is 37.6 Å². The van der Waals surface area contributed by atoms with Gasteiger partial charge in [0, 0.05) is 18.7 Å². The van der Waals surface area contributed by atoms with Gasteiger partial charge in [-0.3, -0.25) is 4.79 Å². The maximum Gasteiger partial charge on any atom is 0.251 e. The third-order valence-electron chi connectivity index (χ3n) is 2.59. The van der Waals surface area contributed by atoms with E-state index < -0.39 is 6.10 Å². The molecule has 1 aromatic carbocycles. The third kappa shape index (κ3) is 6.92. The summed E-state index contributed by atoms with van der Waals surface area (Å²) in [6.07, 6.45) is -0.711. The highest BCUT2D eigenvalue weighted by molar-refractivity contribution is 5.94. The van der Waals surface area contributed by atoms with Crippen LogP contribution in [-0.2, 0) is 4.74 Å². The standard InChI is InChI=1S/C16H23NO4/c1-4-20-11-14(18)9-17-16(19)13-6-5-7-15(8-13)21-10-12(2)3/h5-8,14,18H,2,4,9-11H2,1,3H3,(H,17,19)/t14-/m0/s1. The summed E-state index contributed by atoms with van der Waals surface area (Å²) >= 11 is 0. The van der Waals surface area contributed by atoms with Gasteiger partial charge in [0.25, 0.3) is 5.91 Å². The molecule has 0 unspecified atom stereocenters. The van der Waals surface area contributed by atoms with Gasteiger partial charge in [0.1, 0.15) is 12.4 Å². The predicted molar refractivity (Wildman–Crippen MR) is 81.6 cm³/mol. The number of hydrogen-bond acceptors (Lipinski definition) is 4. The molecule has 0 aromatic heterocycles. The van der Waals surface area contributed by atoms with Gasteiger partial charge in [-0.25, -0.2) is 0 Å². The zero-order chi connectivity index (χ0) is 15.7. The highest BCUT2D eigenvalue weighted by atomic mass is 16.5. The van der Waals surface area contributed by atoms with Crippen molar-refractivity contribution in [1.29, 1.82) is 0 Å². The monoisotopic (exact) mass is 293 g/mol. The average molecular weight is 293 g/mol. The lowest BCUT2D eigenvalue weighted by Crippen LogP contribution is -2.34. The van der Waals surface area contributed by atoms with Crippen LogP contribution in [0.5, 0.6) is 5.75 Å². The second-order valence-electron chi connectivity index (χ2n) is 4.80. The van der Waals surface area contributed by atoms with Gasteiger partial charge in [-0.2, -0.15) is 0 Å². The molecule has 2 N–H and O–H groups in total. The fourth-order valence-electron chi connectivity index (χ4n) is 1.56. The normalized spacial score (nSPS) is 11.8. The lowest BCUT2D eigenvalue weighted by Gasteiger charge is -2.12. The molecule has 1 aromatic rings. The van der Waals surface area contributed by atoms with Gasteiger partial charge < -0.3 is 19.9 Å². The van der Waals surface area contributed by atoms with E-state index in [2.05, 4.69) is 11.9 Å². The Hall–Kier alpha value is -1.85. The van der Waals surface area contributed by atoms with Gasteiger partial charge in [-0.15, -0.1) is 0 Å². The molecular weight excluding hydrogens is 270 g/mol. The van der Waals surface area contributed by atoms with Crippen LogP contribution in [-0.4, -0.2) is 43.5 Å². The molecular formula is C16H23NO4. The van der Waals surface area contributed by atoms with Crippen molar-refractivity contribution in [1.82, 2.24) is 5.32 Å². The lowest BCUT2D eigenvalue weighted by atomic mass is 10.2. The van der Waals surface area contributed by atoms with Gasteiger partial charge in [0.05, 0.1) is 12.7 Å². The van der Waals surface area contributed by atoms with Crippen molar-refractivity contribution in [3.05, 3.63) is 42.0 Å². The molecule has 21 heavy (non-hydrogen) atoms. The van der Waals surface area contributed by atoms with E-state index in [0.29, 0.717) is 24.5 Å². The number of carbonyl (C=O) groups is 1. The van der Waals surface area contributed by atoms with E-state index in [1.807, 2.05) is 13.8 Å². The van der Waals surface area contributed by atoms with Crippen molar-refractivity contribution in [2.24, 2.45) is 0 Å². The highest BCUT2D eigenvalue weighted by Crippen LogP contribution is 2.14. The maximum absolute atomic E-state index is 12.0. The lowest BCUT2D eigenvalue weighted by molar-refractivity contribution is 0.0418. The minimum absolute atomic E-state index is 0.148. The Kier molecular flexibility index (Phi) is 7.50. The Labute approximate surface area is 125 Å². The molecule has 5 heteroatoms. The number of amides is 1. The molecule has 0 saturated heterocycles. The Balaban J connectivity index is 2.50. The minimum atomic E-state index is -0.711. The summed E-state index contributed by atoms with van der Waals surface area (Å²) in [5, 5.41) is 12.3. The topological polar surface area (TPSA) is 67.8 Å². The molecule has 0 heterocycles. The Morgan fingerprint density at radius 3 is 2.90 bits per heavy atom. The second-order valence-corrected chi connectivity index (χ2v) is 4.80.